The number of hydrogen-bond acceptors (Lipinski definition) is 3. The lowest BCUT2D eigenvalue weighted by molar-refractivity contribution is 0.211. The van der Waals surface area contributed by atoms with Crippen molar-refractivity contribution in [2.75, 3.05) is 7.11 Å². The van der Waals surface area contributed by atoms with Crippen LogP contribution in [0.15, 0.2) is 53.9 Å². The number of aromatic nitrogens is 1. The molecule has 0 saturated heterocycles. The van der Waals surface area contributed by atoms with Crippen molar-refractivity contribution in [1.82, 2.24) is 4.98 Å². The highest BCUT2D eigenvalue weighted by Crippen LogP contribution is 2.32. The van der Waals surface area contributed by atoms with Crippen molar-refractivity contribution < 1.29 is 4.84 Å². The van der Waals surface area contributed by atoms with Crippen molar-refractivity contribution in [2.24, 2.45) is 5.16 Å². The number of hydrogen-bond donors (Lipinski definition) is 0. The molecule has 0 unspecified atom stereocenters. The predicted molar refractivity (Wildman–Crippen MR) is 84.9 cm³/mol. The Balaban J connectivity index is 1.77. The molecule has 2 aromatic rings. The van der Waals surface area contributed by atoms with Gasteiger partial charge in [0.2, 0.25) is 0 Å². The van der Waals surface area contributed by atoms with E-state index in [-0.39, 0.29) is 0 Å². The zero-order valence-electron chi connectivity index (χ0n) is 12.2. The highest BCUT2D eigenvalue weighted by atomic mass is 16.6. The largest absolute Gasteiger partial charge is 0.399 e. The highest BCUT2D eigenvalue weighted by molar-refractivity contribution is 5.85. The average Bonchev–Trinajstić information content (AvgIpc) is 2.57. The van der Waals surface area contributed by atoms with Crippen LogP contribution in [0.25, 0.3) is 11.1 Å². The van der Waals surface area contributed by atoms with Crippen LogP contribution in [0, 0.1) is 5.92 Å². The van der Waals surface area contributed by atoms with Gasteiger partial charge in [-0.3, -0.25) is 4.98 Å². The van der Waals surface area contributed by atoms with E-state index in [0.717, 1.165) is 25.7 Å². The summed E-state index contributed by atoms with van der Waals surface area (Å²) in [6, 6.07) is 12.9. The lowest BCUT2D eigenvalue weighted by Crippen LogP contribution is -2.13. The Morgan fingerprint density at radius 1 is 0.905 bits per heavy atom. The molecule has 3 rings (SSSR count). The van der Waals surface area contributed by atoms with Gasteiger partial charge in [0.05, 0.1) is 5.71 Å². The van der Waals surface area contributed by atoms with Gasteiger partial charge in [0.1, 0.15) is 7.11 Å². The first-order valence-corrected chi connectivity index (χ1v) is 7.31. The van der Waals surface area contributed by atoms with Crippen molar-refractivity contribution in [2.45, 2.75) is 25.7 Å². The molecule has 0 aliphatic heterocycles. The van der Waals surface area contributed by atoms with Crippen molar-refractivity contribution in [3.8, 4) is 11.1 Å². The van der Waals surface area contributed by atoms with Gasteiger partial charge < -0.3 is 4.84 Å². The summed E-state index contributed by atoms with van der Waals surface area (Å²) in [5.41, 5.74) is 4.98. The summed E-state index contributed by atoms with van der Waals surface area (Å²) in [4.78, 5) is 8.95. The average molecular weight is 279 g/mol. The van der Waals surface area contributed by atoms with Crippen LogP contribution in [0.2, 0.25) is 0 Å². The van der Waals surface area contributed by atoms with E-state index in [1.807, 2.05) is 24.5 Å². The standard InChI is InChI=1S/C18H19N2O/c1-21-20-18-7-5-14(6-8-18)16-3-2-4-17(13-16)15-9-11-19-12-10-15/h2-4,9-13H,5-8H2,1H3. The second-order valence-corrected chi connectivity index (χ2v) is 5.26. The number of pyridine rings is 1. The summed E-state index contributed by atoms with van der Waals surface area (Å²) in [7, 11) is 1.62. The molecule has 1 fully saturated rings. The molecule has 1 aliphatic rings. The predicted octanol–water partition coefficient (Wildman–Crippen LogP) is 4.25. The van der Waals surface area contributed by atoms with E-state index in [4.69, 9.17) is 4.84 Å². The van der Waals surface area contributed by atoms with Crippen molar-refractivity contribution in [1.29, 1.82) is 0 Å². The van der Waals surface area contributed by atoms with Gasteiger partial charge in [-0.25, -0.2) is 0 Å². The third-order valence-electron chi connectivity index (χ3n) is 3.94. The van der Waals surface area contributed by atoms with Gasteiger partial charge in [0.25, 0.3) is 0 Å². The maximum Gasteiger partial charge on any atom is 0.106 e. The maximum absolute atomic E-state index is 4.87. The molecule has 0 N–H and O–H groups in total. The summed E-state index contributed by atoms with van der Waals surface area (Å²) in [5.74, 6) is 1.51. The molecule has 0 spiro atoms. The van der Waals surface area contributed by atoms with Crippen LogP contribution < -0.4 is 0 Å². The Morgan fingerprint density at radius 2 is 1.62 bits per heavy atom. The second kappa shape index (κ2) is 6.53. The molecule has 0 atom stereocenters. The summed E-state index contributed by atoms with van der Waals surface area (Å²) in [5, 5.41) is 4.07. The molecule has 1 heterocycles. The van der Waals surface area contributed by atoms with E-state index in [9.17, 15) is 0 Å². The first-order valence-electron chi connectivity index (χ1n) is 7.31. The minimum atomic E-state index is 1.00. The molecule has 0 amide bonds. The Labute approximate surface area is 125 Å². The molecule has 1 aromatic heterocycles. The van der Waals surface area contributed by atoms with E-state index < -0.39 is 0 Å². The van der Waals surface area contributed by atoms with E-state index in [1.165, 1.54) is 28.3 Å². The lowest BCUT2D eigenvalue weighted by atomic mass is 9.82. The zero-order chi connectivity index (χ0) is 14.5. The molecule has 1 aromatic carbocycles. The smallest absolute Gasteiger partial charge is 0.106 e. The molecule has 3 nitrogen and oxygen atoms in total. The minimum Gasteiger partial charge on any atom is -0.399 e. The fourth-order valence-corrected chi connectivity index (χ4v) is 2.81. The van der Waals surface area contributed by atoms with Crippen molar-refractivity contribution in [3.63, 3.8) is 0 Å². The van der Waals surface area contributed by atoms with Gasteiger partial charge in [0.15, 0.2) is 0 Å². The van der Waals surface area contributed by atoms with E-state index in [0.29, 0.717) is 0 Å². The van der Waals surface area contributed by atoms with Gasteiger partial charge in [-0.2, -0.15) is 0 Å². The SMILES string of the molecule is CON=C1CC[C](c2cccc(-c3ccncc3)c2)CC1. The Morgan fingerprint density at radius 3 is 2.33 bits per heavy atom. The molecule has 21 heavy (non-hydrogen) atoms. The number of oxime groups is 1. The molecule has 107 valence electrons. The summed E-state index contributed by atoms with van der Waals surface area (Å²) < 4.78 is 0. The van der Waals surface area contributed by atoms with Crippen molar-refractivity contribution in [3.05, 3.63) is 60.3 Å². The molecule has 3 heteroatoms. The Kier molecular flexibility index (Phi) is 4.29. The number of nitrogens with zero attached hydrogens (tertiary/aromatic N) is 2. The van der Waals surface area contributed by atoms with Crippen LogP contribution in [0.1, 0.15) is 31.2 Å². The van der Waals surface area contributed by atoms with Gasteiger partial charge in [-0.15, -0.1) is 0 Å². The Bertz CT molecular complexity index is 612. The maximum atomic E-state index is 4.87. The normalized spacial score (nSPS) is 15.8. The Hall–Kier alpha value is -2.16. The monoisotopic (exact) mass is 279 g/mol. The molecule has 1 aliphatic carbocycles. The third kappa shape index (κ3) is 3.30. The van der Waals surface area contributed by atoms with Crippen LogP contribution in [0.4, 0.5) is 0 Å². The van der Waals surface area contributed by atoms with Crippen LogP contribution in [-0.2, 0) is 4.84 Å². The second-order valence-electron chi connectivity index (χ2n) is 5.26. The number of rotatable bonds is 3. The molecule has 1 radical (unpaired) electrons. The summed E-state index contributed by atoms with van der Waals surface area (Å²) >= 11 is 0. The van der Waals surface area contributed by atoms with Crippen LogP contribution in [-0.4, -0.2) is 17.8 Å². The third-order valence-corrected chi connectivity index (χ3v) is 3.94. The molecule has 1 saturated carbocycles. The zero-order valence-corrected chi connectivity index (χ0v) is 12.2. The molecular formula is C18H19N2O. The first-order chi connectivity index (χ1) is 10.4. The molecular weight excluding hydrogens is 260 g/mol. The fraction of sp³-hybridized carbons (Fsp3) is 0.278. The van der Waals surface area contributed by atoms with E-state index in [1.54, 1.807) is 7.11 Å². The topological polar surface area (TPSA) is 34.5 Å². The lowest BCUT2D eigenvalue weighted by Gasteiger charge is -2.22. The highest BCUT2D eigenvalue weighted by Gasteiger charge is 2.20. The summed E-state index contributed by atoms with van der Waals surface area (Å²) in [6.07, 6.45) is 7.82. The van der Waals surface area contributed by atoms with Gasteiger partial charge in [0, 0.05) is 18.3 Å². The minimum absolute atomic E-state index is 1.00. The van der Waals surface area contributed by atoms with Gasteiger partial charge in [-0.1, -0.05) is 29.4 Å². The van der Waals surface area contributed by atoms with Crippen LogP contribution in [0.3, 0.4) is 0 Å². The van der Waals surface area contributed by atoms with Crippen LogP contribution >= 0.6 is 0 Å². The van der Waals surface area contributed by atoms with Crippen LogP contribution in [0.5, 0.6) is 0 Å². The number of benzene rings is 1. The van der Waals surface area contributed by atoms with Gasteiger partial charge in [-0.05, 0) is 54.5 Å². The quantitative estimate of drug-likeness (QED) is 0.787. The molecule has 0 bridgehead atoms. The van der Waals surface area contributed by atoms with Gasteiger partial charge >= 0.3 is 0 Å². The van der Waals surface area contributed by atoms with E-state index >= 15 is 0 Å². The summed E-state index contributed by atoms with van der Waals surface area (Å²) in [6.45, 7) is 0. The van der Waals surface area contributed by atoms with Crippen molar-refractivity contribution >= 4 is 5.71 Å². The first kappa shape index (κ1) is 13.8. The fourth-order valence-electron chi connectivity index (χ4n) is 2.81. The van der Waals surface area contributed by atoms with E-state index in [2.05, 4.69) is 34.4 Å².